The van der Waals surface area contributed by atoms with Gasteiger partial charge in [0.25, 0.3) is 5.78 Å². The molecule has 41 heavy (non-hydrogen) atoms. The zero-order valence-corrected chi connectivity index (χ0v) is 23.9. The second-order valence-corrected chi connectivity index (χ2v) is 11.1. The molecule has 0 unspecified atom stereocenters. The van der Waals surface area contributed by atoms with Crippen LogP contribution < -0.4 is 19.1 Å². The van der Waals surface area contributed by atoms with Gasteiger partial charge in [0, 0.05) is 12.0 Å². The number of amides is 1. The van der Waals surface area contributed by atoms with Crippen molar-refractivity contribution < 1.29 is 28.9 Å². The number of ether oxygens (including phenoxy) is 3. The lowest BCUT2D eigenvalue weighted by Crippen LogP contribution is -2.29. The molecule has 9 heteroatoms. The molecule has 2 aliphatic heterocycles. The van der Waals surface area contributed by atoms with Crippen molar-refractivity contribution >= 4 is 44.1 Å². The van der Waals surface area contributed by atoms with Crippen LogP contribution in [-0.2, 0) is 16.0 Å². The lowest BCUT2D eigenvalue weighted by Gasteiger charge is -2.23. The van der Waals surface area contributed by atoms with Crippen LogP contribution in [0.4, 0.5) is 5.13 Å². The number of aliphatic hydroxyl groups is 1. The molecule has 1 fully saturated rings. The third-order valence-corrected chi connectivity index (χ3v) is 8.17. The SMILES string of the molecule is CCCOc1ccc([C@H]2C(=C(O)c3ccc4c(c3)C[C@@H](C)O4)C(=O)C(=O)N2c2nc3ccc(OCC)cc3s2)cc1. The highest BCUT2D eigenvalue weighted by atomic mass is 32.1. The van der Waals surface area contributed by atoms with Gasteiger partial charge in [0.05, 0.1) is 35.0 Å². The summed E-state index contributed by atoms with van der Waals surface area (Å²) in [4.78, 5) is 33.4. The number of benzene rings is 3. The number of thiazole rings is 1. The van der Waals surface area contributed by atoms with E-state index in [-0.39, 0.29) is 17.4 Å². The molecule has 6 rings (SSSR count). The first kappa shape index (κ1) is 26.8. The van der Waals surface area contributed by atoms with E-state index in [2.05, 4.69) is 0 Å². The van der Waals surface area contributed by atoms with Crippen LogP contribution in [0.5, 0.6) is 17.2 Å². The average molecular weight is 571 g/mol. The van der Waals surface area contributed by atoms with Crippen LogP contribution in [0.3, 0.4) is 0 Å². The third kappa shape index (κ3) is 4.91. The maximum atomic E-state index is 13.6. The lowest BCUT2D eigenvalue weighted by atomic mass is 9.94. The van der Waals surface area contributed by atoms with E-state index >= 15 is 0 Å². The Kier molecular flexibility index (Phi) is 7.13. The predicted molar refractivity (Wildman–Crippen MR) is 158 cm³/mol. The molecule has 3 aromatic carbocycles. The third-order valence-electron chi connectivity index (χ3n) is 7.15. The smallest absolute Gasteiger partial charge is 0.301 e. The molecule has 0 radical (unpaired) electrons. The Morgan fingerprint density at radius 2 is 1.83 bits per heavy atom. The van der Waals surface area contributed by atoms with Crippen molar-refractivity contribution in [1.29, 1.82) is 0 Å². The molecule has 1 amide bonds. The standard InChI is InChI=1S/C32H30N2O6S/c1-4-14-39-22-9-6-19(7-10-22)28-27(29(35)20-8-13-25-21(16-20)15-18(3)40-25)30(36)31(37)34(28)32-33-24-12-11-23(38-5-2)17-26(24)41-32/h6-13,16-18,28,35H,4-5,14-15H2,1-3H3/t18-,28+/m1/s1. The Labute approximate surface area is 241 Å². The van der Waals surface area contributed by atoms with Crippen molar-refractivity contribution in [2.24, 2.45) is 0 Å². The molecule has 1 N–H and O–H groups in total. The van der Waals surface area contributed by atoms with Crippen LogP contribution in [0, 0.1) is 0 Å². The van der Waals surface area contributed by atoms with Crippen molar-refractivity contribution in [3.63, 3.8) is 0 Å². The van der Waals surface area contributed by atoms with Gasteiger partial charge >= 0.3 is 5.91 Å². The molecule has 4 aromatic rings. The summed E-state index contributed by atoms with van der Waals surface area (Å²) in [5.41, 5.74) is 2.75. The van der Waals surface area contributed by atoms with Gasteiger partial charge in [0.1, 0.15) is 29.1 Å². The molecule has 3 heterocycles. The number of ketones is 1. The molecule has 0 bridgehead atoms. The summed E-state index contributed by atoms with van der Waals surface area (Å²) in [5.74, 6) is 0.400. The number of aromatic nitrogens is 1. The summed E-state index contributed by atoms with van der Waals surface area (Å²) >= 11 is 1.30. The zero-order chi connectivity index (χ0) is 28.7. The number of Topliss-reactive ketones (excluding diaryl/α,β-unsaturated/α-hetero) is 1. The fourth-order valence-electron chi connectivity index (χ4n) is 5.29. The number of anilines is 1. The molecule has 2 aliphatic rings. The van der Waals surface area contributed by atoms with Gasteiger partial charge < -0.3 is 19.3 Å². The molecule has 2 atom stereocenters. The maximum absolute atomic E-state index is 13.6. The molecule has 0 spiro atoms. The Hall–Kier alpha value is -4.37. The Morgan fingerprint density at radius 3 is 2.59 bits per heavy atom. The minimum Gasteiger partial charge on any atom is -0.507 e. The number of fused-ring (bicyclic) bond motifs is 2. The van der Waals surface area contributed by atoms with E-state index in [0.29, 0.717) is 52.9 Å². The van der Waals surface area contributed by atoms with Crippen molar-refractivity contribution in [1.82, 2.24) is 4.98 Å². The first-order valence-corrected chi connectivity index (χ1v) is 14.6. The van der Waals surface area contributed by atoms with E-state index in [4.69, 9.17) is 19.2 Å². The molecular formula is C32H30N2O6S. The largest absolute Gasteiger partial charge is 0.507 e. The molecule has 0 aliphatic carbocycles. The fraction of sp³-hybridized carbons (Fsp3) is 0.281. The summed E-state index contributed by atoms with van der Waals surface area (Å²) in [6.07, 6.45) is 1.60. The highest BCUT2D eigenvalue weighted by Crippen LogP contribution is 2.45. The Bertz CT molecular complexity index is 1680. The van der Waals surface area contributed by atoms with Crippen LogP contribution in [0.2, 0.25) is 0 Å². The summed E-state index contributed by atoms with van der Waals surface area (Å²) in [6, 6.07) is 17.2. The number of nitrogens with zero attached hydrogens (tertiary/aromatic N) is 2. The van der Waals surface area contributed by atoms with Crippen molar-refractivity contribution in [3.05, 3.63) is 82.9 Å². The summed E-state index contributed by atoms with van der Waals surface area (Å²) < 4.78 is 18.0. The first-order valence-electron chi connectivity index (χ1n) is 13.7. The van der Waals surface area contributed by atoms with E-state index in [9.17, 15) is 14.7 Å². The van der Waals surface area contributed by atoms with E-state index in [1.54, 1.807) is 12.1 Å². The normalized spacial score (nSPS) is 19.4. The van der Waals surface area contributed by atoms with Crippen LogP contribution >= 0.6 is 11.3 Å². The van der Waals surface area contributed by atoms with E-state index in [0.717, 1.165) is 22.4 Å². The van der Waals surface area contributed by atoms with Crippen LogP contribution in [0.1, 0.15) is 49.9 Å². The van der Waals surface area contributed by atoms with Gasteiger partial charge in [-0.1, -0.05) is 30.4 Å². The van der Waals surface area contributed by atoms with Gasteiger partial charge in [-0.2, -0.15) is 0 Å². The van der Waals surface area contributed by atoms with Crippen molar-refractivity contribution in [2.75, 3.05) is 18.1 Å². The summed E-state index contributed by atoms with van der Waals surface area (Å²) in [6.45, 7) is 7.03. The number of carbonyl (C=O) groups excluding carboxylic acids is 2. The number of aliphatic hydroxyl groups excluding tert-OH is 1. The van der Waals surface area contributed by atoms with Gasteiger partial charge in [0.2, 0.25) is 0 Å². The van der Waals surface area contributed by atoms with Crippen LogP contribution in [0.15, 0.2) is 66.2 Å². The van der Waals surface area contributed by atoms with Gasteiger partial charge in [-0.25, -0.2) is 4.98 Å². The topological polar surface area (TPSA) is 98.2 Å². The molecule has 0 saturated carbocycles. The number of rotatable bonds is 8. The second kappa shape index (κ2) is 10.9. The lowest BCUT2D eigenvalue weighted by molar-refractivity contribution is -0.132. The van der Waals surface area contributed by atoms with Gasteiger partial charge in [-0.05, 0) is 79.9 Å². The van der Waals surface area contributed by atoms with Crippen molar-refractivity contribution in [3.8, 4) is 17.2 Å². The Balaban J connectivity index is 1.48. The maximum Gasteiger partial charge on any atom is 0.301 e. The summed E-state index contributed by atoms with van der Waals surface area (Å²) in [7, 11) is 0. The monoisotopic (exact) mass is 570 g/mol. The highest BCUT2D eigenvalue weighted by molar-refractivity contribution is 7.22. The minimum absolute atomic E-state index is 0.0124. The quantitative estimate of drug-likeness (QED) is 0.148. The highest BCUT2D eigenvalue weighted by Gasteiger charge is 2.48. The van der Waals surface area contributed by atoms with E-state index < -0.39 is 17.7 Å². The van der Waals surface area contributed by atoms with Crippen molar-refractivity contribution in [2.45, 2.75) is 45.8 Å². The number of hydrogen-bond acceptors (Lipinski definition) is 8. The van der Waals surface area contributed by atoms with Gasteiger partial charge in [0.15, 0.2) is 5.13 Å². The molecule has 1 aromatic heterocycles. The van der Waals surface area contributed by atoms with Gasteiger partial charge in [-0.3, -0.25) is 14.5 Å². The molecule has 8 nitrogen and oxygen atoms in total. The van der Waals surface area contributed by atoms with Gasteiger partial charge in [-0.15, -0.1) is 0 Å². The predicted octanol–water partition coefficient (Wildman–Crippen LogP) is 6.43. The fourth-order valence-corrected chi connectivity index (χ4v) is 6.31. The number of carbonyl (C=O) groups is 2. The number of hydrogen-bond donors (Lipinski definition) is 1. The average Bonchev–Trinajstić information content (AvgIpc) is 3.64. The second-order valence-electron chi connectivity index (χ2n) is 10.1. The minimum atomic E-state index is -0.884. The first-order chi connectivity index (χ1) is 19.9. The molecule has 210 valence electrons. The van der Waals surface area contributed by atoms with Crippen LogP contribution in [-0.4, -0.2) is 41.1 Å². The van der Waals surface area contributed by atoms with E-state index in [1.807, 2.05) is 69.3 Å². The summed E-state index contributed by atoms with van der Waals surface area (Å²) in [5, 5.41) is 12.0. The Morgan fingerprint density at radius 1 is 1.05 bits per heavy atom. The van der Waals surface area contributed by atoms with E-state index in [1.165, 1.54) is 16.2 Å². The molecule has 1 saturated heterocycles. The molecular weight excluding hydrogens is 540 g/mol. The van der Waals surface area contributed by atoms with Crippen LogP contribution in [0.25, 0.3) is 16.0 Å². The zero-order valence-electron chi connectivity index (χ0n) is 23.0.